The first-order valence-electron chi connectivity index (χ1n) is 7.53. The molecule has 3 nitrogen and oxygen atoms in total. The van der Waals surface area contributed by atoms with E-state index >= 15 is 0 Å². The van der Waals surface area contributed by atoms with Crippen molar-refractivity contribution in [2.24, 2.45) is 0 Å². The van der Waals surface area contributed by atoms with E-state index in [1.54, 1.807) is 0 Å². The first-order valence-corrected chi connectivity index (χ1v) is 7.53. The lowest BCUT2D eigenvalue weighted by Crippen LogP contribution is -2.33. The van der Waals surface area contributed by atoms with Gasteiger partial charge in [0.25, 0.3) is 0 Å². The Morgan fingerprint density at radius 3 is 2.48 bits per heavy atom. The third kappa shape index (κ3) is 2.23. The van der Waals surface area contributed by atoms with Gasteiger partial charge < -0.3 is 14.4 Å². The van der Waals surface area contributed by atoms with Crippen molar-refractivity contribution in [1.82, 2.24) is 0 Å². The summed E-state index contributed by atoms with van der Waals surface area (Å²) >= 11 is 0. The zero-order valence-electron chi connectivity index (χ0n) is 12.3. The average Bonchev–Trinajstić information content (AvgIpc) is 2.55. The second-order valence-corrected chi connectivity index (χ2v) is 5.78. The summed E-state index contributed by atoms with van der Waals surface area (Å²) in [5, 5.41) is 0. The van der Waals surface area contributed by atoms with Gasteiger partial charge in [-0.05, 0) is 44.0 Å². The van der Waals surface area contributed by atoms with Gasteiger partial charge in [-0.2, -0.15) is 0 Å². The maximum atomic E-state index is 5.96. The van der Waals surface area contributed by atoms with Crippen LogP contribution in [0.1, 0.15) is 23.1 Å². The summed E-state index contributed by atoms with van der Waals surface area (Å²) in [5.74, 6) is 2.05. The molecule has 0 N–H and O–H groups in total. The minimum absolute atomic E-state index is 0.607. The number of anilines is 1. The van der Waals surface area contributed by atoms with Gasteiger partial charge in [0.2, 0.25) is 0 Å². The molecule has 0 bridgehead atoms. The lowest BCUT2D eigenvalue weighted by molar-refractivity contribution is 0.270. The second-order valence-electron chi connectivity index (χ2n) is 5.78. The zero-order chi connectivity index (χ0) is 14.2. The zero-order valence-corrected chi connectivity index (χ0v) is 12.3. The molecule has 0 saturated heterocycles. The summed E-state index contributed by atoms with van der Waals surface area (Å²) in [7, 11) is 0. The molecule has 0 spiro atoms. The highest BCUT2D eigenvalue weighted by Gasteiger charge is 2.24. The van der Waals surface area contributed by atoms with E-state index in [1.165, 1.54) is 22.4 Å². The van der Waals surface area contributed by atoms with Gasteiger partial charge in [0, 0.05) is 16.8 Å². The largest absolute Gasteiger partial charge is 0.493 e. The molecule has 0 fully saturated rings. The molecule has 0 aliphatic carbocycles. The minimum Gasteiger partial charge on any atom is -0.493 e. The van der Waals surface area contributed by atoms with Crippen molar-refractivity contribution >= 4 is 5.69 Å². The van der Waals surface area contributed by atoms with Crippen LogP contribution in [0.4, 0.5) is 5.69 Å². The van der Waals surface area contributed by atoms with Crippen LogP contribution in [0.3, 0.4) is 0 Å². The minimum atomic E-state index is 0.607. The van der Waals surface area contributed by atoms with E-state index in [-0.39, 0.29) is 0 Å². The smallest absolute Gasteiger partial charge is 0.161 e. The molecule has 0 amide bonds. The molecule has 0 atom stereocenters. The Morgan fingerprint density at radius 1 is 0.905 bits per heavy atom. The maximum Gasteiger partial charge on any atom is 0.161 e. The van der Waals surface area contributed by atoms with Crippen molar-refractivity contribution in [1.29, 1.82) is 0 Å². The van der Waals surface area contributed by atoms with E-state index in [4.69, 9.17) is 9.47 Å². The van der Waals surface area contributed by atoms with Crippen LogP contribution in [0.15, 0.2) is 36.4 Å². The Morgan fingerprint density at radius 2 is 1.67 bits per heavy atom. The summed E-state index contributed by atoms with van der Waals surface area (Å²) in [6.45, 7) is 4.44. The number of rotatable bonds is 1. The molecule has 2 aromatic carbocycles. The number of benzene rings is 2. The van der Waals surface area contributed by atoms with Gasteiger partial charge in [0.05, 0.1) is 13.2 Å². The highest BCUT2D eigenvalue weighted by atomic mass is 16.5. The predicted molar refractivity (Wildman–Crippen MR) is 83.1 cm³/mol. The van der Waals surface area contributed by atoms with Crippen LogP contribution in [0.25, 0.3) is 0 Å². The Bertz CT molecular complexity index is 664. The number of aryl methyl sites for hydroxylation is 1. The van der Waals surface area contributed by atoms with Gasteiger partial charge >= 0.3 is 0 Å². The molecule has 2 aliphatic rings. The van der Waals surface area contributed by atoms with E-state index in [9.17, 15) is 0 Å². The van der Waals surface area contributed by atoms with Crippen molar-refractivity contribution in [3.05, 3.63) is 53.1 Å². The molecular weight excluding hydrogens is 262 g/mol. The van der Waals surface area contributed by atoms with Crippen LogP contribution < -0.4 is 14.4 Å². The number of hydrogen-bond donors (Lipinski definition) is 0. The van der Waals surface area contributed by atoms with Crippen molar-refractivity contribution in [3.63, 3.8) is 0 Å². The fourth-order valence-corrected chi connectivity index (χ4v) is 3.10. The Hall–Kier alpha value is -2.16. The van der Waals surface area contributed by atoms with E-state index in [0.29, 0.717) is 6.73 Å². The van der Waals surface area contributed by atoms with Crippen LogP contribution in [0.2, 0.25) is 0 Å². The van der Waals surface area contributed by atoms with Crippen LogP contribution in [0, 0.1) is 6.92 Å². The molecule has 3 heteroatoms. The first kappa shape index (κ1) is 12.6. The van der Waals surface area contributed by atoms with E-state index in [2.05, 4.69) is 42.2 Å². The molecule has 0 unspecified atom stereocenters. The molecule has 21 heavy (non-hydrogen) atoms. The van der Waals surface area contributed by atoms with Gasteiger partial charge in [0.15, 0.2) is 6.73 Å². The van der Waals surface area contributed by atoms with Crippen LogP contribution in [-0.4, -0.2) is 13.3 Å². The molecule has 2 heterocycles. The van der Waals surface area contributed by atoms with Gasteiger partial charge in [-0.25, -0.2) is 0 Å². The molecule has 108 valence electrons. The number of fused-ring (bicyclic) bond motifs is 3. The lowest BCUT2D eigenvalue weighted by Gasteiger charge is -2.33. The average molecular weight is 281 g/mol. The van der Waals surface area contributed by atoms with Gasteiger partial charge in [0.1, 0.15) is 11.5 Å². The monoisotopic (exact) mass is 281 g/mol. The van der Waals surface area contributed by atoms with E-state index < -0.39 is 0 Å². The molecule has 4 rings (SSSR count). The third-order valence-electron chi connectivity index (χ3n) is 4.30. The van der Waals surface area contributed by atoms with Crippen molar-refractivity contribution < 1.29 is 9.47 Å². The molecular formula is C18H19NO2. The van der Waals surface area contributed by atoms with Gasteiger partial charge in [-0.15, -0.1) is 0 Å². The Labute approximate surface area is 125 Å². The van der Waals surface area contributed by atoms with Crippen molar-refractivity contribution in [3.8, 4) is 11.5 Å². The third-order valence-corrected chi connectivity index (χ3v) is 4.30. The highest BCUT2D eigenvalue weighted by Crippen LogP contribution is 2.37. The van der Waals surface area contributed by atoms with Crippen LogP contribution in [0.5, 0.6) is 11.5 Å². The summed E-state index contributed by atoms with van der Waals surface area (Å²) in [4.78, 5) is 2.27. The number of hydrogen-bond acceptors (Lipinski definition) is 3. The number of ether oxygens (including phenoxy) is 2. The molecule has 2 aliphatic heterocycles. The highest BCUT2D eigenvalue weighted by molar-refractivity contribution is 5.55. The summed E-state index contributed by atoms with van der Waals surface area (Å²) in [6, 6.07) is 12.7. The molecule has 0 saturated carbocycles. The summed E-state index contributed by atoms with van der Waals surface area (Å²) < 4.78 is 11.7. The molecule has 0 aromatic heterocycles. The lowest BCUT2D eigenvalue weighted by atomic mass is 9.97. The first-order chi connectivity index (χ1) is 10.3. The molecule has 0 radical (unpaired) electrons. The van der Waals surface area contributed by atoms with Crippen molar-refractivity contribution in [2.75, 3.05) is 18.2 Å². The van der Waals surface area contributed by atoms with E-state index in [1.807, 2.05) is 6.07 Å². The summed E-state index contributed by atoms with van der Waals surface area (Å²) in [5.41, 5.74) is 5.11. The second kappa shape index (κ2) is 4.99. The SMILES string of the molecule is Cc1ccc(N2COc3ccc4c(c3C2)CCCO4)cc1. The normalized spacial score (nSPS) is 16.5. The quantitative estimate of drug-likeness (QED) is 0.796. The maximum absolute atomic E-state index is 5.96. The standard InChI is InChI=1S/C18H19NO2/c1-13-4-6-14(7-5-13)19-11-16-15-3-2-10-20-17(15)8-9-18(16)21-12-19/h4-9H,2-3,10-12H2,1H3. The fraction of sp³-hybridized carbons (Fsp3) is 0.333. The Balaban J connectivity index is 1.69. The molecule has 2 aromatic rings. The summed E-state index contributed by atoms with van der Waals surface area (Å²) in [6.07, 6.45) is 2.18. The number of nitrogens with zero attached hydrogens (tertiary/aromatic N) is 1. The van der Waals surface area contributed by atoms with Crippen molar-refractivity contribution in [2.45, 2.75) is 26.3 Å². The van der Waals surface area contributed by atoms with Crippen LogP contribution >= 0.6 is 0 Å². The fourth-order valence-electron chi connectivity index (χ4n) is 3.10. The van der Waals surface area contributed by atoms with Gasteiger partial charge in [-0.3, -0.25) is 0 Å². The van der Waals surface area contributed by atoms with E-state index in [0.717, 1.165) is 37.5 Å². The predicted octanol–water partition coefficient (Wildman–Crippen LogP) is 3.68. The van der Waals surface area contributed by atoms with Crippen LogP contribution in [-0.2, 0) is 13.0 Å². The topological polar surface area (TPSA) is 21.7 Å². The Kier molecular flexibility index (Phi) is 2.99. The van der Waals surface area contributed by atoms with Gasteiger partial charge in [-0.1, -0.05) is 17.7 Å².